The van der Waals surface area contributed by atoms with Crippen LogP contribution in [0.4, 0.5) is 5.69 Å². The highest BCUT2D eigenvalue weighted by Gasteiger charge is 2.17. The lowest BCUT2D eigenvalue weighted by Crippen LogP contribution is -2.25. The van der Waals surface area contributed by atoms with E-state index in [1.807, 2.05) is 13.8 Å². The molecule has 1 unspecified atom stereocenters. The Morgan fingerprint density at radius 2 is 1.89 bits per heavy atom. The third-order valence-corrected chi connectivity index (χ3v) is 3.07. The van der Waals surface area contributed by atoms with Crippen molar-refractivity contribution in [2.75, 3.05) is 26.1 Å². The van der Waals surface area contributed by atoms with Gasteiger partial charge in [-0.1, -0.05) is 6.92 Å². The van der Waals surface area contributed by atoms with Crippen LogP contribution in [0.2, 0.25) is 0 Å². The molecule has 0 saturated carbocycles. The first kappa shape index (κ1) is 15.3. The van der Waals surface area contributed by atoms with Gasteiger partial charge in [-0.25, -0.2) is 0 Å². The van der Waals surface area contributed by atoms with Gasteiger partial charge in [0.25, 0.3) is 0 Å². The first-order chi connectivity index (χ1) is 9.07. The van der Waals surface area contributed by atoms with E-state index in [-0.39, 0.29) is 12.5 Å². The second kappa shape index (κ2) is 6.99. The van der Waals surface area contributed by atoms with Crippen molar-refractivity contribution < 1.29 is 19.4 Å². The summed E-state index contributed by atoms with van der Waals surface area (Å²) in [5.74, 6) is 0.584. The Kier molecular flexibility index (Phi) is 5.63. The van der Waals surface area contributed by atoms with Gasteiger partial charge in [0, 0.05) is 11.8 Å². The number of rotatable bonds is 6. The normalized spacial score (nSPS) is 11.8. The standard InChI is InChI=1S/C14H21NO4/c1-5-10(8-16)14(17)15-11-7-13(19-4)12(18-3)6-9(11)2/h6-7,10,16H,5,8H2,1-4H3,(H,15,17). The number of hydrogen-bond acceptors (Lipinski definition) is 4. The van der Waals surface area contributed by atoms with Gasteiger partial charge in [-0.3, -0.25) is 4.79 Å². The maximum Gasteiger partial charge on any atom is 0.229 e. The summed E-state index contributed by atoms with van der Waals surface area (Å²) in [7, 11) is 3.11. The molecule has 0 saturated heterocycles. The minimum absolute atomic E-state index is 0.158. The van der Waals surface area contributed by atoms with Gasteiger partial charge in [-0.05, 0) is 25.0 Å². The van der Waals surface area contributed by atoms with Crippen molar-refractivity contribution in [1.29, 1.82) is 0 Å². The Bertz CT molecular complexity index is 441. The van der Waals surface area contributed by atoms with Crippen LogP contribution in [-0.4, -0.2) is 31.8 Å². The van der Waals surface area contributed by atoms with Gasteiger partial charge in [0.2, 0.25) is 5.91 Å². The van der Waals surface area contributed by atoms with Gasteiger partial charge in [0.05, 0.1) is 26.7 Å². The fourth-order valence-electron chi connectivity index (χ4n) is 1.75. The van der Waals surface area contributed by atoms with E-state index in [1.165, 1.54) is 0 Å². The highest BCUT2D eigenvalue weighted by Crippen LogP contribution is 2.33. The van der Waals surface area contributed by atoms with E-state index in [4.69, 9.17) is 14.6 Å². The maximum atomic E-state index is 11.9. The number of aliphatic hydroxyl groups excluding tert-OH is 1. The lowest BCUT2D eigenvalue weighted by molar-refractivity contribution is -0.121. The van der Waals surface area contributed by atoms with Crippen LogP contribution in [0.1, 0.15) is 18.9 Å². The molecule has 1 rings (SSSR count). The molecule has 0 fully saturated rings. The van der Waals surface area contributed by atoms with Crippen LogP contribution in [0.3, 0.4) is 0 Å². The molecule has 1 atom stereocenters. The zero-order valence-corrected chi connectivity index (χ0v) is 11.8. The molecule has 0 aliphatic rings. The molecule has 0 spiro atoms. The second-order valence-corrected chi connectivity index (χ2v) is 4.30. The lowest BCUT2D eigenvalue weighted by Gasteiger charge is -2.16. The second-order valence-electron chi connectivity index (χ2n) is 4.30. The van der Waals surface area contributed by atoms with Crippen LogP contribution in [0, 0.1) is 12.8 Å². The molecule has 106 valence electrons. The Labute approximate surface area is 113 Å². The number of anilines is 1. The van der Waals surface area contributed by atoms with Crippen molar-refractivity contribution in [3.05, 3.63) is 17.7 Å². The zero-order valence-electron chi connectivity index (χ0n) is 11.8. The predicted octanol–water partition coefficient (Wildman–Crippen LogP) is 1.97. The summed E-state index contributed by atoms with van der Waals surface area (Å²) in [5, 5.41) is 11.9. The molecule has 1 aromatic carbocycles. The average Bonchev–Trinajstić information content (AvgIpc) is 2.41. The molecule has 0 aliphatic carbocycles. The van der Waals surface area contributed by atoms with E-state index in [0.717, 1.165) is 5.56 Å². The van der Waals surface area contributed by atoms with E-state index in [2.05, 4.69) is 5.32 Å². The monoisotopic (exact) mass is 267 g/mol. The lowest BCUT2D eigenvalue weighted by atomic mass is 10.1. The first-order valence-electron chi connectivity index (χ1n) is 6.21. The third kappa shape index (κ3) is 3.61. The van der Waals surface area contributed by atoms with Gasteiger partial charge in [0.15, 0.2) is 11.5 Å². The molecule has 0 heterocycles. The van der Waals surface area contributed by atoms with Crippen molar-refractivity contribution in [1.82, 2.24) is 0 Å². The SMILES string of the molecule is CCC(CO)C(=O)Nc1cc(OC)c(OC)cc1C. The van der Waals surface area contributed by atoms with E-state index < -0.39 is 5.92 Å². The van der Waals surface area contributed by atoms with Gasteiger partial charge in [0.1, 0.15) is 0 Å². The van der Waals surface area contributed by atoms with Crippen LogP contribution in [0.5, 0.6) is 11.5 Å². The quantitative estimate of drug-likeness (QED) is 0.827. The van der Waals surface area contributed by atoms with Crippen molar-refractivity contribution in [2.24, 2.45) is 5.92 Å². The van der Waals surface area contributed by atoms with E-state index in [0.29, 0.717) is 23.6 Å². The molecular weight excluding hydrogens is 246 g/mol. The minimum Gasteiger partial charge on any atom is -0.493 e. The number of aliphatic hydroxyl groups is 1. The van der Waals surface area contributed by atoms with E-state index in [9.17, 15) is 4.79 Å². The maximum absolute atomic E-state index is 11.9. The number of methoxy groups -OCH3 is 2. The molecule has 2 N–H and O–H groups in total. The fraction of sp³-hybridized carbons (Fsp3) is 0.500. The van der Waals surface area contributed by atoms with E-state index in [1.54, 1.807) is 26.4 Å². The van der Waals surface area contributed by atoms with Crippen LogP contribution in [0.25, 0.3) is 0 Å². The van der Waals surface area contributed by atoms with Gasteiger partial charge < -0.3 is 19.9 Å². The molecule has 1 aromatic rings. The number of carbonyl (C=O) groups excluding carboxylic acids is 1. The summed E-state index contributed by atoms with van der Waals surface area (Å²) < 4.78 is 10.4. The van der Waals surface area contributed by atoms with Crippen molar-refractivity contribution in [2.45, 2.75) is 20.3 Å². The summed E-state index contributed by atoms with van der Waals surface area (Å²) in [5.41, 5.74) is 1.54. The molecule has 19 heavy (non-hydrogen) atoms. The Morgan fingerprint density at radius 1 is 1.32 bits per heavy atom. The topological polar surface area (TPSA) is 67.8 Å². The molecule has 0 radical (unpaired) electrons. The summed E-state index contributed by atoms with van der Waals surface area (Å²) in [6.45, 7) is 3.58. The van der Waals surface area contributed by atoms with Crippen LogP contribution >= 0.6 is 0 Å². The minimum atomic E-state index is -0.396. The van der Waals surface area contributed by atoms with Crippen molar-refractivity contribution in [3.63, 3.8) is 0 Å². The van der Waals surface area contributed by atoms with Crippen LogP contribution in [0.15, 0.2) is 12.1 Å². The summed E-state index contributed by atoms with van der Waals surface area (Å²) in [6.07, 6.45) is 0.592. The largest absolute Gasteiger partial charge is 0.493 e. The summed E-state index contributed by atoms with van der Waals surface area (Å²) >= 11 is 0. The predicted molar refractivity (Wildman–Crippen MR) is 73.8 cm³/mol. The fourth-order valence-corrected chi connectivity index (χ4v) is 1.75. The van der Waals surface area contributed by atoms with Gasteiger partial charge in [-0.15, -0.1) is 0 Å². The highest BCUT2D eigenvalue weighted by atomic mass is 16.5. The molecule has 0 aromatic heterocycles. The Hall–Kier alpha value is -1.75. The number of nitrogens with one attached hydrogen (secondary N) is 1. The smallest absolute Gasteiger partial charge is 0.229 e. The summed E-state index contributed by atoms with van der Waals surface area (Å²) in [4.78, 5) is 11.9. The van der Waals surface area contributed by atoms with Gasteiger partial charge >= 0.3 is 0 Å². The number of benzene rings is 1. The number of aryl methyl sites for hydroxylation is 1. The summed E-state index contributed by atoms with van der Waals surface area (Å²) in [6, 6.07) is 3.52. The van der Waals surface area contributed by atoms with E-state index >= 15 is 0 Å². The Balaban J connectivity index is 2.98. The Morgan fingerprint density at radius 3 is 2.37 bits per heavy atom. The average molecular weight is 267 g/mol. The van der Waals surface area contributed by atoms with Crippen molar-refractivity contribution >= 4 is 11.6 Å². The zero-order chi connectivity index (χ0) is 14.4. The highest BCUT2D eigenvalue weighted by molar-refractivity contribution is 5.93. The molecular formula is C14H21NO4. The first-order valence-corrected chi connectivity index (χ1v) is 6.21. The van der Waals surface area contributed by atoms with Crippen molar-refractivity contribution in [3.8, 4) is 11.5 Å². The molecule has 1 amide bonds. The molecule has 5 nitrogen and oxygen atoms in total. The number of amides is 1. The van der Waals surface area contributed by atoms with Crippen LogP contribution in [-0.2, 0) is 4.79 Å². The molecule has 5 heteroatoms. The molecule has 0 bridgehead atoms. The molecule has 0 aliphatic heterocycles. The van der Waals surface area contributed by atoms with Crippen LogP contribution < -0.4 is 14.8 Å². The number of carbonyl (C=O) groups is 1. The number of hydrogen-bond donors (Lipinski definition) is 2. The number of ether oxygens (including phenoxy) is 2. The van der Waals surface area contributed by atoms with Gasteiger partial charge in [-0.2, -0.15) is 0 Å². The third-order valence-electron chi connectivity index (χ3n) is 3.07.